The van der Waals surface area contributed by atoms with Gasteiger partial charge in [0.05, 0.1) is 16.0 Å². The fourth-order valence-electron chi connectivity index (χ4n) is 3.93. The summed E-state index contributed by atoms with van der Waals surface area (Å²) in [5.74, 6) is -0.730. The standard InChI is InChI=1S/C25H26N4O5S2/c1-20-9-8-10-21(17-20)18-26-27-25(30)24-19-28(35(31,32)22-11-4-2-5-12-22)15-16-29(24)36(33,34)23-13-6-3-7-14-23/h2-14,17-18,24H,15-16,19H2,1H3,(H,27,30)/b26-18-/t24-/m0/s1. The minimum Gasteiger partial charge on any atom is -0.271 e. The Balaban J connectivity index is 1.63. The maximum atomic E-state index is 13.4. The monoisotopic (exact) mass is 526 g/mol. The van der Waals surface area contributed by atoms with Crippen molar-refractivity contribution in [3.63, 3.8) is 0 Å². The Kier molecular flexibility index (Phi) is 7.65. The Morgan fingerprint density at radius 2 is 1.47 bits per heavy atom. The molecule has 11 heteroatoms. The van der Waals surface area contributed by atoms with Gasteiger partial charge in [0.25, 0.3) is 5.91 Å². The number of sulfonamides is 2. The molecule has 0 aliphatic carbocycles. The van der Waals surface area contributed by atoms with Gasteiger partial charge in [-0.1, -0.05) is 66.2 Å². The van der Waals surface area contributed by atoms with Crippen LogP contribution in [-0.2, 0) is 24.8 Å². The molecule has 0 spiro atoms. The van der Waals surface area contributed by atoms with Gasteiger partial charge in [0.1, 0.15) is 6.04 Å². The third-order valence-corrected chi connectivity index (χ3v) is 9.56. The SMILES string of the molecule is Cc1cccc(/C=N\NC(=O)[C@@H]2CN(S(=O)(=O)c3ccccc3)CCN2S(=O)(=O)c2ccccc2)c1. The first-order valence-corrected chi connectivity index (χ1v) is 14.1. The maximum Gasteiger partial charge on any atom is 0.259 e. The first-order valence-electron chi connectivity index (χ1n) is 11.2. The van der Waals surface area contributed by atoms with Crippen LogP contribution >= 0.6 is 0 Å². The summed E-state index contributed by atoms with van der Waals surface area (Å²) in [6.07, 6.45) is 1.45. The summed E-state index contributed by atoms with van der Waals surface area (Å²) in [6.45, 7) is 1.28. The quantitative estimate of drug-likeness (QED) is 0.374. The number of carbonyl (C=O) groups is 1. The molecule has 1 amide bonds. The summed E-state index contributed by atoms with van der Waals surface area (Å²) in [6, 6.07) is 21.7. The number of piperazine rings is 1. The fraction of sp³-hybridized carbons (Fsp3) is 0.200. The average molecular weight is 527 g/mol. The summed E-state index contributed by atoms with van der Waals surface area (Å²) in [7, 11) is -8.01. The summed E-state index contributed by atoms with van der Waals surface area (Å²) < 4.78 is 55.4. The van der Waals surface area contributed by atoms with Crippen LogP contribution in [0.5, 0.6) is 0 Å². The van der Waals surface area contributed by atoms with Gasteiger partial charge in [-0.05, 0) is 36.8 Å². The lowest BCUT2D eigenvalue weighted by Crippen LogP contribution is -2.60. The second kappa shape index (κ2) is 10.7. The number of aryl methyl sites for hydroxylation is 1. The van der Waals surface area contributed by atoms with Crippen molar-refractivity contribution in [2.24, 2.45) is 5.10 Å². The van der Waals surface area contributed by atoms with Crippen LogP contribution in [0.2, 0.25) is 0 Å². The predicted octanol–water partition coefficient (Wildman–Crippen LogP) is 2.21. The third kappa shape index (κ3) is 5.54. The van der Waals surface area contributed by atoms with E-state index in [1.807, 2.05) is 31.2 Å². The van der Waals surface area contributed by atoms with E-state index in [4.69, 9.17) is 0 Å². The lowest BCUT2D eigenvalue weighted by Gasteiger charge is -2.38. The van der Waals surface area contributed by atoms with E-state index in [9.17, 15) is 21.6 Å². The molecule has 3 aromatic rings. The number of nitrogens with zero attached hydrogens (tertiary/aromatic N) is 3. The fourth-order valence-corrected chi connectivity index (χ4v) is 6.98. The predicted molar refractivity (Wildman–Crippen MR) is 136 cm³/mol. The average Bonchev–Trinajstić information content (AvgIpc) is 2.89. The molecule has 0 bridgehead atoms. The molecule has 1 aliphatic rings. The van der Waals surface area contributed by atoms with Crippen molar-refractivity contribution in [2.45, 2.75) is 22.8 Å². The molecule has 0 radical (unpaired) electrons. The molecule has 0 saturated carbocycles. The van der Waals surface area contributed by atoms with Gasteiger partial charge in [0.2, 0.25) is 20.0 Å². The van der Waals surface area contributed by atoms with Crippen LogP contribution < -0.4 is 5.43 Å². The van der Waals surface area contributed by atoms with Gasteiger partial charge >= 0.3 is 0 Å². The molecule has 1 saturated heterocycles. The summed E-state index contributed by atoms with van der Waals surface area (Å²) in [5.41, 5.74) is 4.15. The van der Waals surface area contributed by atoms with Crippen LogP contribution in [0.1, 0.15) is 11.1 Å². The molecule has 1 N–H and O–H groups in total. The van der Waals surface area contributed by atoms with Gasteiger partial charge in [-0.2, -0.15) is 13.7 Å². The molecule has 1 fully saturated rings. The molecular formula is C25H26N4O5S2. The molecule has 3 aromatic carbocycles. The van der Waals surface area contributed by atoms with Crippen molar-refractivity contribution >= 4 is 32.2 Å². The molecule has 9 nitrogen and oxygen atoms in total. The number of rotatable bonds is 7. The highest BCUT2D eigenvalue weighted by Gasteiger charge is 2.43. The zero-order valence-corrected chi connectivity index (χ0v) is 21.2. The van der Waals surface area contributed by atoms with Crippen LogP contribution in [0.4, 0.5) is 0 Å². The van der Waals surface area contributed by atoms with Gasteiger partial charge in [-0.25, -0.2) is 22.3 Å². The number of nitrogens with one attached hydrogen (secondary N) is 1. The number of amides is 1. The van der Waals surface area contributed by atoms with E-state index in [1.54, 1.807) is 36.4 Å². The first kappa shape index (κ1) is 25.7. The van der Waals surface area contributed by atoms with Crippen molar-refractivity contribution in [2.75, 3.05) is 19.6 Å². The number of carbonyl (C=O) groups excluding carboxylic acids is 1. The molecule has 1 aliphatic heterocycles. The van der Waals surface area contributed by atoms with E-state index >= 15 is 0 Å². The molecule has 0 aromatic heterocycles. The topological polar surface area (TPSA) is 116 Å². The Hall–Kier alpha value is -3.38. The summed E-state index contributed by atoms with van der Waals surface area (Å²) >= 11 is 0. The smallest absolute Gasteiger partial charge is 0.259 e. The van der Waals surface area contributed by atoms with Gasteiger partial charge < -0.3 is 0 Å². The normalized spacial score (nSPS) is 17.8. The third-order valence-electron chi connectivity index (χ3n) is 5.76. The van der Waals surface area contributed by atoms with Gasteiger partial charge in [0, 0.05) is 19.6 Å². The summed E-state index contributed by atoms with van der Waals surface area (Å²) in [5, 5.41) is 3.98. The Bertz CT molecular complexity index is 1460. The lowest BCUT2D eigenvalue weighted by molar-refractivity contribution is -0.125. The number of hydrogen-bond donors (Lipinski definition) is 1. The number of benzene rings is 3. The minimum absolute atomic E-state index is 0.0189. The van der Waals surface area contributed by atoms with Crippen molar-refractivity contribution in [3.8, 4) is 0 Å². The van der Waals surface area contributed by atoms with Crippen LogP contribution in [0, 0.1) is 6.92 Å². The Labute approximate surface area is 211 Å². The largest absolute Gasteiger partial charge is 0.271 e. The van der Waals surface area contributed by atoms with E-state index in [-0.39, 0.29) is 29.4 Å². The van der Waals surface area contributed by atoms with Crippen LogP contribution in [0.25, 0.3) is 0 Å². The number of hydrazone groups is 1. The van der Waals surface area contributed by atoms with Gasteiger partial charge in [-0.3, -0.25) is 4.79 Å². The van der Waals surface area contributed by atoms with Crippen molar-refractivity contribution in [1.29, 1.82) is 0 Å². The second-order valence-corrected chi connectivity index (χ2v) is 12.1. The second-order valence-electron chi connectivity index (χ2n) is 8.27. The molecule has 36 heavy (non-hydrogen) atoms. The van der Waals surface area contributed by atoms with E-state index in [2.05, 4.69) is 10.5 Å². The van der Waals surface area contributed by atoms with Crippen LogP contribution in [-0.4, -0.2) is 63.2 Å². The van der Waals surface area contributed by atoms with Gasteiger partial charge in [0.15, 0.2) is 0 Å². The molecule has 1 heterocycles. The molecule has 4 rings (SSSR count). The molecule has 0 unspecified atom stereocenters. The highest BCUT2D eigenvalue weighted by Crippen LogP contribution is 2.25. The maximum absolute atomic E-state index is 13.4. The minimum atomic E-state index is -4.07. The first-order chi connectivity index (χ1) is 17.2. The molecule has 1 atom stereocenters. The lowest BCUT2D eigenvalue weighted by atomic mass is 10.2. The van der Waals surface area contributed by atoms with E-state index in [0.29, 0.717) is 0 Å². The highest BCUT2D eigenvalue weighted by molar-refractivity contribution is 7.89. The summed E-state index contributed by atoms with van der Waals surface area (Å²) in [4.78, 5) is 13.3. The number of hydrogen-bond acceptors (Lipinski definition) is 6. The van der Waals surface area contributed by atoms with E-state index in [0.717, 1.165) is 19.7 Å². The van der Waals surface area contributed by atoms with Gasteiger partial charge in [-0.15, -0.1) is 0 Å². The Morgan fingerprint density at radius 3 is 2.08 bits per heavy atom. The Morgan fingerprint density at radius 1 is 0.861 bits per heavy atom. The molecular weight excluding hydrogens is 500 g/mol. The zero-order valence-electron chi connectivity index (χ0n) is 19.6. The molecule has 188 valence electrons. The highest BCUT2D eigenvalue weighted by atomic mass is 32.2. The van der Waals surface area contributed by atoms with E-state index < -0.39 is 32.0 Å². The van der Waals surface area contributed by atoms with E-state index in [1.165, 1.54) is 30.5 Å². The van der Waals surface area contributed by atoms with Crippen LogP contribution in [0.3, 0.4) is 0 Å². The van der Waals surface area contributed by atoms with Crippen LogP contribution in [0.15, 0.2) is 99.8 Å². The van der Waals surface area contributed by atoms with Crippen molar-refractivity contribution in [3.05, 3.63) is 96.1 Å². The zero-order chi connectivity index (χ0) is 25.8. The van der Waals surface area contributed by atoms with Crippen molar-refractivity contribution < 1.29 is 21.6 Å². The van der Waals surface area contributed by atoms with Crippen molar-refractivity contribution in [1.82, 2.24) is 14.0 Å².